The molecule has 16 heavy (non-hydrogen) atoms. The zero-order valence-corrected chi connectivity index (χ0v) is 11.0. The molecule has 2 rings (SSSR count). The van der Waals surface area contributed by atoms with Crippen LogP contribution in [0.3, 0.4) is 0 Å². The number of hydrogen-bond donors (Lipinski definition) is 1. The van der Waals surface area contributed by atoms with Crippen LogP contribution in [0.15, 0.2) is 0 Å². The molecule has 0 amide bonds. The number of aromatic nitrogens is 2. The number of rotatable bonds is 3. The van der Waals surface area contributed by atoms with Gasteiger partial charge in [-0.3, -0.25) is 4.90 Å². The van der Waals surface area contributed by atoms with Crippen LogP contribution in [0.1, 0.15) is 24.8 Å². The maximum atomic E-state index is 5.78. The monoisotopic (exact) mass is 260 g/mol. The maximum Gasteiger partial charge on any atom is 0.207 e. The molecule has 1 saturated heterocycles. The molecule has 0 saturated carbocycles. The molecule has 1 aliphatic heterocycles. The summed E-state index contributed by atoms with van der Waals surface area (Å²) in [7, 11) is 0. The quantitative estimate of drug-likeness (QED) is 0.900. The second kappa shape index (κ2) is 5.40. The van der Waals surface area contributed by atoms with Crippen molar-refractivity contribution in [3.05, 3.63) is 9.47 Å². The van der Waals surface area contributed by atoms with Gasteiger partial charge in [-0.25, -0.2) is 0 Å². The van der Waals surface area contributed by atoms with Crippen LogP contribution in [0.25, 0.3) is 0 Å². The number of halogens is 1. The van der Waals surface area contributed by atoms with Crippen molar-refractivity contribution < 1.29 is 0 Å². The third-order valence-electron chi connectivity index (χ3n) is 3.22. The highest BCUT2D eigenvalue weighted by Crippen LogP contribution is 2.24. The summed E-state index contributed by atoms with van der Waals surface area (Å²) >= 11 is 7.24. The molecule has 2 N–H and O–H groups in total. The van der Waals surface area contributed by atoms with E-state index in [1.165, 1.54) is 24.2 Å². The van der Waals surface area contributed by atoms with Gasteiger partial charge in [0.25, 0.3) is 0 Å². The van der Waals surface area contributed by atoms with Crippen LogP contribution >= 0.6 is 22.9 Å². The van der Waals surface area contributed by atoms with Crippen molar-refractivity contribution in [2.75, 3.05) is 13.1 Å². The van der Waals surface area contributed by atoms with Crippen molar-refractivity contribution >= 4 is 22.9 Å². The fourth-order valence-corrected chi connectivity index (χ4v) is 3.04. The molecule has 0 aliphatic carbocycles. The minimum atomic E-state index is 0.523. The van der Waals surface area contributed by atoms with Crippen molar-refractivity contribution in [2.45, 2.75) is 32.4 Å². The van der Waals surface area contributed by atoms with E-state index in [9.17, 15) is 0 Å². The van der Waals surface area contributed by atoms with E-state index >= 15 is 0 Å². The van der Waals surface area contributed by atoms with Crippen molar-refractivity contribution in [3.8, 4) is 0 Å². The lowest BCUT2D eigenvalue weighted by Gasteiger charge is -2.36. The highest BCUT2D eigenvalue weighted by atomic mass is 35.5. The lowest BCUT2D eigenvalue weighted by Crippen LogP contribution is -2.43. The first-order chi connectivity index (χ1) is 7.69. The van der Waals surface area contributed by atoms with Gasteiger partial charge in [-0.1, -0.05) is 11.3 Å². The van der Waals surface area contributed by atoms with Gasteiger partial charge in [0.05, 0.1) is 6.54 Å². The van der Waals surface area contributed by atoms with Crippen LogP contribution in [0.2, 0.25) is 4.47 Å². The Bertz CT molecular complexity index is 343. The smallest absolute Gasteiger partial charge is 0.207 e. The Kier molecular flexibility index (Phi) is 4.13. The zero-order chi connectivity index (χ0) is 11.5. The van der Waals surface area contributed by atoms with Crippen LogP contribution in [-0.4, -0.2) is 34.2 Å². The topological polar surface area (TPSA) is 55.0 Å². The number of nitrogens with zero attached hydrogens (tertiary/aromatic N) is 3. The Labute approximate surface area is 105 Å². The van der Waals surface area contributed by atoms with E-state index in [1.54, 1.807) is 0 Å². The number of hydrogen-bond acceptors (Lipinski definition) is 5. The molecule has 6 heteroatoms. The number of piperidine rings is 1. The van der Waals surface area contributed by atoms with Crippen molar-refractivity contribution in [3.63, 3.8) is 0 Å². The van der Waals surface area contributed by atoms with Gasteiger partial charge in [0.1, 0.15) is 5.01 Å². The molecule has 0 spiro atoms. The van der Waals surface area contributed by atoms with E-state index < -0.39 is 0 Å². The average Bonchev–Trinajstić information content (AvgIpc) is 2.67. The third kappa shape index (κ3) is 2.91. The van der Waals surface area contributed by atoms with Crippen LogP contribution < -0.4 is 5.73 Å². The molecule has 2 atom stereocenters. The van der Waals surface area contributed by atoms with Crippen LogP contribution in [0, 0.1) is 5.92 Å². The summed E-state index contributed by atoms with van der Waals surface area (Å²) in [5.41, 5.74) is 5.74. The third-order valence-corrected chi connectivity index (χ3v) is 4.23. The standard InChI is InChI=1S/C10H17ClN4S/c1-7-2-3-8(4-12)5-15(7)6-9-13-14-10(11)16-9/h7-8H,2-6,12H2,1H3. The van der Waals surface area contributed by atoms with Gasteiger partial charge >= 0.3 is 0 Å². The lowest BCUT2D eigenvalue weighted by atomic mass is 9.94. The number of likely N-dealkylation sites (tertiary alicyclic amines) is 1. The Morgan fingerprint density at radius 3 is 2.94 bits per heavy atom. The molecule has 4 nitrogen and oxygen atoms in total. The largest absolute Gasteiger partial charge is 0.330 e. The average molecular weight is 261 g/mol. The molecule has 1 aliphatic rings. The van der Waals surface area contributed by atoms with E-state index in [0.717, 1.165) is 24.6 Å². The molecule has 1 fully saturated rings. The number of nitrogens with two attached hydrogens (primary N) is 1. The normalized spacial score (nSPS) is 27.2. The summed E-state index contributed by atoms with van der Waals surface area (Å²) < 4.78 is 0.523. The second-order valence-corrected chi connectivity index (χ2v) is 6.05. The Morgan fingerprint density at radius 2 is 2.31 bits per heavy atom. The van der Waals surface area contributed by atoms with E-state index in [2.05, 4.69) is 22.0 Å². The molecule has 0 bridgehead atoms. The Morgan fingerprint density at radius 1 is 1.50 bits per heavy atom. The predicted octanol–water partition coefficient (Wildman–Crippen LogP) is 1.75. The van der Waals surface area contributed by atoms with Crippen molar-refractivity contribution in [1.82, 2.24) is 15.1 Å². The molecule has 0 aromatic carbocycles. The minimum absolute atomic E-state index is 0.523. The molecule has 0 radical (unpaired) electrons. The molecular formula is C10H17ClN4S. The molecule has 1 aromatic heterocycles. The second-order valence-electron chi connectivity index (χ2n) is 4.41. The molecule has 2 unspecified atom stereocenters. The SMILES string of the molecule is CC1CCC(CN)CN1Cc1nnc(Cl)s1. The lowest BCUT2D eigenvalue weighted by molar-refractivity contribution is 0.113. The Balaban J connectivity index is 1.96. The van der Waals surface area contributed by atoms with Crippen molar-refractivity contribution in [1.29, 1.82) is 0 Å². The summed E-state index contributed by atoms with van der Waals surface area (Å²) in [6.07, 6.45) is 2.46. The van der Waals surface area contributed by atoms with Crippen LogP contribution in [-0.2, 0) is 6.54 Å². The zero-order valence-electron chi connectivity index (χ0n) is 9.40. The first-order valence-corrected chi connectivity index (χ1v) is 6.80. The first kappa shape index (κ1) is 12.2. The van der Waals surface area contributed by atoms with Gasteiger partial charge in [0.2, 0.25) is 4.47 Å². The van der Waals surface area contributed by atoms with Gasteiger partial charge in [0, 0.05) is 12.6 Å². The summed E-state index contributed by atoms with van der Waals surface area (Å²) in [6.45, 7) is 4.95. The van der Waals surface area contributed by atoms with Gasteiger partial charge < -0.3 is 5.73 Å². The van der Waals surface area contributed by atoms with Crippen LogP contribution in [0.5, 0.6) is 0 Å². The summed E-state index contributed by atoms with van der Waals surface area (Å²) in [5, 5.41) is 8.88. The molecule has 90 valence electrons. The minimum Gasteiger partial charge on any atom is -0.330 e. The molecule has 1 aromatic rings. The highest BCUT2D eigenvalue weighted by molar-refractivity contribution is 7.15. The van der Waals surface area contributed by atoms with Crippen LogP contribution in [0.4, 0.5) is 0 Å². The van der Waals surface area contributed by atoms with Gasteiger partial charge in [0.15, 0.2) is 0 Å². The fourth-order valence-electron chi connectivity index (χ4n) is 2.15. The molecular weight excluding hydrogens is 244 g/mol. The van der Waals surface area contributed by atoms with E-state index in [1.807, 2.05) is 0 Å². The maximum absolute atomic E-state index is 5.78. The fraction of sp³-hybridized carbons (Fsp3) is 0.800. The summed E-state index contributed by atoms with van der Waals surface area (Å²) in [4.78, 5) is 2.43. The summed E-state index contributed by atoms with van der Waals surface area (Å²) in [5.74, 6) is 0.625. The van der Waals surface area contributed by atoms with E-state index in [4.69, 9.17) is 17.3 Å². The van der Waals surface area contributed by atoms with Gasteiger partial charge in [-0.2, -0.15) is 0 Å². The first-order valence-electron chi connectivity index (χ1n) is 5.61. The summed E-state index contributed by atoms with van der Waals surface area (Å²) in [6, 6.07) is 0.602. The molecule has 2 heterocycles. The Hall–Kier alpha value is -0.230. The highest BCUT2D eigenvalue weighted by Gasteiger charge is 2.25. The van der Waals surface area contributed by atoms with Crippen molar-refractivity contribution in [2.24, 2.45) is 11.7 Å². The van der Waals surface area contributed by atoms with E-state index in [0.29, 0.717) is 16.4 Å². The van der Waals surface area contributed by atoms with Gasteiger partial charge in [-0.05, 0) is 43.8 Å². The van der Waals surface area contributed by atoms with Gasteiger partial charge in [-0.15, -0.1) is 10.2 Å². The predicted molar refractivity (Wildman–Crippen MR) is 66.6 cm³/mol. The van der Waals surface area contributed by atoms with E-state index in [-0.39, 0.29) is 0 Å².